The van der Waals surface area contributed by atoms with Gasteiger partial charge in [0.15, 0.2) is 0 Å². The van der Waals surface area contributed by atoms with Crippen molar-refractivity contribution in [3.63, 3.8) is 0 Å². The number of ether oxygens (including phenoxy) is 1. The minimum Gasteiger partial charge on any atom is -0.497 e. The fourth-order valence-electron chi connectivity index (χ4n) is 1.65. The molecule has 0 aliphatic carbocycles. The van der Waals surface area contributed by atoms with E-state index in [9.17, 15) is 0 Å². The van der Waals surface area contributed by atoms with Crippen molar-refractivity contribution in [2.45, 2.75) is 32.2 Å². The first-order chi connectivity index (χ1) is 7.80. The van der Waals surface area contributed by atoms with Crippen LogP contribution < -0.4 is 10.1 Å². The lowest BCUT2D eigenvalue weighted by Gasteiger charge is -2.17. The quantitative estimate of drug-likeness (QED) is 0.703. The molecule has 1 rings (SSSR count). The van der Waals surface area contributed by atoms with E-state index in [1.807, 2.05) is 24.3 Å². The summed E-state index contributed by atoms with van der Waals surface area (Å²) in [7, 11) is 1.69. The third-order valence-electron chi connectivity index (χ3n) is 2.65. The monoisotopic (exact) mass is 219 g/mol. The van der Waals surface area contributed by atoms with Gasteiger partial charge in [-0.15, -0.1) is 6.58 Å². The first-order valence-corrected chi connectivity index (χ1v) is 5.81. The number of anilines is 1. The molecule has 0 aromatic heterocycles. The van der Waals surface area contributed by atoms with E-state index in [4.69, 9.17) is 4.74 Å². The van der Waals surface area contributed by atoms with E-state index < -0.39 is 0 Å². The van der Waals surface area contributed by atoms with Crippen molar-refractivity contribution in [1.29, 1.82) is 0 Å². The normalized spacial score (nSPS) is 11.9. The van der Waals surface area contributed by atoms with Gasteiger partial charge in [0, 0.05) is 17.8 Å². The van der Waals surface area contributed by atoms with Gasteiger partial charge in [-0.05, 0) is 31.4 Å². The molecule has 1 aromatic carbocycles. The van der Waals surface area contributed by atoms with Crippen molar-refractivity contribution >= 4 is 5.69 Å². The maximum absolute atomic E-state index is 5.20. The summed E-state index contributed by atoms with van der Waals surface area (Å²) in [6.45, 7) is 5.95. The maximum atomic E-state index is 5.20. The highest BCUT2D eigenvalue weighted by atomic mass is 16.5. The van der Waals surface area contributed by atoms with Gasteiger partial charge < -0.3 is 10.1 Å². The second-order valence-corrected chi connectivity index (χ2v) is 3.85. The SMILES string of the molecule is C=CCCC(CC)Nc1cccc(OC)c1. The van der Waals surface area contributed by atoms with Crippen molar-refractivity contribution in [1.82, 2.24) is 0 Å². The predicted octanol–water partition coefficient (Wildman–Crippen LogP) is 3.85. The van der Waals surface area contributed by atoms with E-state index in [2.05, 4.69) is 24.9 Å². The van der Waals surface area contributed by atoms with Crippen LogP contribution in [-0.4, -0.2) is 13.2 Å². The fraction of sp³-hybridized carbons (Fsp3) is 0.429. The van der Waals surface area contributed by atoms with Crippen LogP contribution >= 0.6 is 0 Å². The Bertz CT molecular complexity index is 322. The molecule has 0 spiro atoms. The van der Waals surface area contributed by atoms with Crippen molar-refractivity contribution < 1.29 is 4.74 Å². The molecule has 0 amide bonds. The topological polar surface area (TPSA) is 21.3 Å². The smallest absolute Gasteiger partial charge is 0.120 e. The zero-order valence-corrected chi connectivity index (χ0v) is 10.2. The summed E-state index contributed by atoms with van der Waals surface area (Å²) in [5, 5.41) is 3.51. The minimum absolute atomic E-state index is 0.505. The summed E-state index contributed by atoms with van der Waals surface area (Å²) < 4.78 is 5.20. The molecule has 0 heterocycles. The highest BCUT2D eigenvalue weighted by Crippen LogP contribution is 2.19. The molecule has 2 heteroatoms. The molecule has 2 nitrogen and oxygen atoms in total. The maximum Gasteiger partial charge on any atom is 0.120 e. The van der Waals surface area contributed by atoms with E-state index in [0.717, 1.165) is 30.7 Å². The van der Waals surface area contributed by atoms with Gasteiger partial charge in [0.05, 0.1) is 7.11 Å². The standard InChI is InChI=1S/C14H21NO/c1-4-6-8-12(5-2)15-13-9-7-10-14(11-13)16-3/h4,7,9-12,15H,1,5-6,8H2,2-3H3. The summed E-state index contributed by atoms with van der Waals surface area (Å²) in [4.78, 5) is 0. The molecule has 0 saturated heterocycles. The molecule has 1 atom stereocenters. The Hall–Kier alpha value is -1.44. The third kappa shape index (κ3) is 3.97. The largest absolute Gasteiger partial charge is 0.497 e. The average molecular weight is 219 g/mol. The number of hydrogen-bond acceptors (Lipinski definition) is 2. The van der Waals surface area contributed by atoms with Crippen LogP contribution in [0.4, 0.5) is 5.69 Å². The third-order valence-corrected chi connectivity index (χ3v) is 2.65. The van der Waals surface area contributed by atoms with Crippen LogP contribution in [0, 0.1) is 0 Å². The van der Waals surface area contributed by atoms with Crippen LogP contribution in [0.3, 0.4) is 0 Å². The first-order valence-electron chi connectivity index (χ1n) is 5.81. The van der Waals surface area contributed by atoms with Crippen LogP contribution in [0.15, 0.2) is 36.9 Å². The summed E-state index contributed by atoms with van der Waals surface area (Å²) in [5.41, 5.74) is 1.12. The van der Waals surface area contributed by atoms with E-state index in [0.29, 0.717) is 6.04 Å². The lowest BCUT2D eigenvalue weighted by atomic mass is 10.1. The summed E-state index contributed by atoms with van der Waals surface area (Å²) in [5.74, 6) is 0.892. The highest BCUT2D eigenvalue weighted by molar-refractivity contribution is 5.48. The van der Waals surface area contributed by atoms with Gasteiger partial charge in [-0.3, -0.25) is 0 Å². The molecule has 0 bridgehead atoms. The second kappa shape index (κ2) is 6.94. The van der Waals surface area contributed by atoms with Crippen LogP contribution in [0.2, 0.25) is 0 Å². The molecule has 0 aliphatic rings. The minimum atomic E-state index is 0.505. The number of methoxy groups -OCH3 is 1. The average Bonchev–Trinajstić information content (AvgIpc) is 2.34. The lowest BCUT2D eigenvalue weighted by Crippen LogP contribution is -2.17. The van der Waals surface area contributed by atoms with E-state index in [1.165, 1.54) is 0 Å². The van der Waals surface area contributed by atoms with Crippen molar-refractivity contribution in [2.75, 3.05) is 12.4 Å². The molecule has 1 aromatic rings. The van der Waals surface area contributed by atoms with Gasteiger partial charge in [-0.1, -0.05) is 19.1 Å². The number of hydrogen-bond donors (Lipinski definition) is 1. The summed E-state index contributed by atoms with van der Waals surface area (Å²) >= 11 is 0. The van der Waals surface area contributed by atoms with E-state index >= 15 is 0 Å². The molecule has 0 fully saturated rings. The molecule has 0 aliphatic heterocycles. The van der Waals surface area contributed by atoms with Gasteiger partial charge in [-0.2, -0.15) is 0 Å². The Kier molecular flexibility index (Phi) is 5.48. The van der Waals surface area contributed by atoms with Crippen LogP contribution in [-0.2, 0) is 0 Å². The molecular weight excluding hydrogens is 198 g/mol. The molecular formula is C14H21NO. The summed E-state index contributed by atoms with van der Waals surface area (Å²) in [6, 6.07) is 8.55. The Morgan fingerprint density at radius 1 is 1.50 bits per heavy atom. The summed E-state index contributed by atoms with van der Waals surface area (Å²) in [6.07, 6.45) is 5.26. The highest BCUT2D eigenvalue weighted by Gasteiger charge is 2.05. The van der Waals surface area contributed by atoms with Gasteiger partial charge in [0.25, 0.3) is 0 Å². The number of rotatable bonds is 7. The van der Waals surface area contributed by atoms with Crippen LogP contribution in [0.5, 0.6) is 5.75 Å². The molecule has 88 valence electrons. The van der Waals surface area contributed by atoms with Crippen LogP contribution in [0.25, 0.3) is 0 Å². The van der Waals surface area contributed by atoms with Crippen LogP contribution in [0.1, 0.15) is 26.2 Å². The van der Waals surface area contributed by atoms with Gasteiger partial charge in [-0.25, -0.2) is 0 Å². The lowest BCUT2D eigenvalue weighted by molar-refractivity contribution is 0.415. The van der Waals surface area contributed by atoms with Crippen molar-refractivity contribution in [2.24, 2.45) is 0 Å². The Balaban J connectivity index is 2.58. The predicted molar refractivity (Wildman–Crippen MR) is 70.1 cm³/mol. The first kappa shape index (κ1) is 12.6. The Morgan fingerprint density at radius 3 is 2.94 bits per heavy atom. The van der Waals surface area contributed by atoms with Crippen molar-refractivity contribution in [3.05, 3.63) is 36.9 Å². The molecule has 0 saturated carbocycles. The molecule has 1 N–H and O–H groups in total. The number of allylic oxidation sites excluding steroid dienone is 1. The van der Waals surface area contributed by atoms with E-state index in [-0.39, 0.29) is 0 Å². The Labute approximate surface area is 98.3 Å². The van der Waals surface area contributed by atoms with Gasteiger partial charge in [0.2, 0.25) is 0 Å². The van der Waals surface area contributed by atoms with Gasteiger partial charge in [0.1, 0.15) is 5.75 Å². The fourth-order valence-corrected chi connectivity index (χ4v) is 1.65. The molecule has 1 unspecified atom stereocenters. The zero-order chi connectivity index (χ0) is 11.8. The number of benzene rings is 1. The van der Waals surface area contributed by atoms with Crippen molar-refractivity contribution in [3.8, 4) is 5.75 Å². The van der Waals surface area contributed by atoms with E-state index in [1.54, 1.807) is 7.11 Å². The zero-order valence-electron chi connectivity index (χ0n) is 10.2. The van der Waals surface area contributed by atoms with Gasteiger partial charge >= 0.3 is 0 Å². The molecule has 0 radical (unpaired) electrons. The second-order valence-electron chi connectivity index (χ2n) is 3.85. The Morgan fingerprint density at radius 2 is 2.31 bits per heavy atom. The molecule has 16 heavy (non-hydrogen) atoms. The number of nitrogens with one attached hydrogen (secondary N) is 1.